The van der Waals surface area contributed by atoms with Crippen molar-refractivity contribution < 1.29 is 4.79 Å². The van der Waals surface area contributed by atoms with Crippen molar-refractivity contribution in [1.29, 1.82) is 0 Å². The van der Waals surface area contributed by atoms with Crippen molar-refractivity contribution in [3.63, 3.8) is 0 Å². The number of H-pyrrole nitrogens is 1. The monoisotopic (exact) mass is 363 g/mol. The van der Waals surface area contributed by atoms with Crippen molar-refractivity contribution in [2.24, 2.45) is 10.7 Å². The average molecular weight is 364 g/mol. The van der Waals surface area contributed by atoms with Crippen molar-refractivity contribution in [3.8, 4) is 0 Å². The lowest BCUT2D eigenvalue weighted by atomic mass is 10.2. The molecule has 0 saturated heterocycles. The minimum Gasteiger partial charge on any atom is -0.370 e. The number of halogens is 2. The number of hydrogen-bond donors (Lipinski definition) is 3. The van der Waals surface area contributed by atoms with Gasteiger partial charge in [-0.3, -0.25) is 9.78 Å². The van der Waals surface area contributed by atoms with Gasteiger partial charge in [0.2, 0.25) is 0 Å². The summed E-state index contributed by atoms with van der Waals surface area (Å²) in [4.78, 5) is 22.9. The van der Waals surface area contributed by atoms with Gasteiger partial charge in [-0.1, -0.05) is 11.6 Å². The molecular weight excluding hydrogens is 349 g/mol. The summed E-state index contributed by atoms with van der Waals surface area (Å²) in [6, 6.07) is 10.7. The van der Waals surface area contributed by atoms with Gasteiger partial charge in [-0.25, -0.2) is 0 Å². The van der Waals surface area contributed by atoms with Gasteiger partial charge in [0, 0.05) is 34.9 Å². The topological polar surface area (TPSA) is 96.2 Å². The highest BCUT2D eigenvalue weighted by atomic mass is 35.5. The van der Waals surface area contributed by atoms with Crippen LogP contribution in [0.4, 0.5) is 0 Å². The van der Waals surface area contributed by atoms with Crippen LogP contribution in [-0.2, 0) is 6.54 Å². The van der Waals surface area contributed by atoms with E-state index in [0.29, 0.717) is 17.3 Å². The molecule has 4 N–H and O–H groups in total. The maximum Gasteiger partial charge on any atom is 0.296 e. The molecule has 0 aliphatic rings. The summed E-state index contributed by atoms with van der Waals surface area (Å²) >= 11 is 5.93. The quantitative estimate of drug-likeness (QED) is 0.492. The SMILES string of the molecule is Cl.NC(=NC(=O)c1cc2cc(Cl)ccc2[nH]1)NCc1ccncc1. The molecule has 0 radical (unpaired) electrons. The van der Waals surface area contributed by atoms with Crippen molar-refractivity contribution in [1.82, 2.24) is 15.3 Å². The number of carbonyl (C=O) groups is 1. The Morgan fingerprint density at radius 1 is 1.25 bits per heavy atom. The number of aromatic nitrogens is 2. The van der Waals surface area contributed by atoms with Crippen LogP contribution in [0.3, 0.4) is 0 Å². The van der Waals surface area contributed by atoms with Crippen LogP contribution in [0.25, 0.3) is 10.9 Å². The molecule has 124 valence electrons. The highest BCUT2D eigenvalue weighted by molar-refractivity contribution is 6.31. The third-order valence-electron chi connectivity index (χ3n) is 3.26. The Morgan fingerprint density at radius 3 is 2.75 bits per heavy atom. The predicted molar refractivity (Wildman–Crippen MR) is 97.6 cm³/mol. The fourth-order valence-electron chi connectivity index (χ4n) is 2.12. The van der Waals surface area contributed by atoms with Crippen molar-refractivity contribution >= 4 is 46.8 Å². The molecule has 0 bridgehead atoms. The molecule has 0 saturated carbocycles. The zero-order chi connectivity index (χ0) is 16.2. The average Bonchev–Trinajstić information content (AvgIpc) is 2.97. The summed E-state index contributed by atoms with van der Waals surface area (Å²) in [6.45, 7) is 0.466. The zero-order valence-electron chi connectivity index (χ0n) is 12.5. The highest BCUT2D eigenvalue weighted by Gasteiger charge is 2.09. The number of rotatable bonds is 3. The van der Waals surface area contributed by atoms with Crippen LogP contribution in [0.1, 0.15) is 16.1 Å². The number of hydrogen-bond acceptors (Lipinski definition) is 2. The number of nitrogens with one attached hydrogen (secondary N) is 2. The van der Waals surface area contributed by atoms with E-state index in [-0.39, 0.29) is 18.4 Å². The molecule has 8 heteroatoms. The molecule has 0 aliphatic heterocycles. The van der Waals surface area contributed by atoms with E-state index in [9.17, 15) is 4.79 Å². The summed E-state index contributed by atoms with van der Waals surface area (Å²) in [6.07, 6.45) is 3.37. The van der Waals surface area contributed by atoms with Gasteiger partial charge in [-0.05, 0) is 42.0 Å². The lowest BCUT2D eigenvalue weighted by molar-refractivity contribution is 0.0998. The third-order valence-corrected chi connectivity index (χ3v) is 3.49. The Balaban J connectivity index is 0.00000208. The van der Waals surface area contributed by atoms with E-state index in [1.54, 1.807) is 30.6 Å². The highest BCUT2D eigenvalue weighted by Crippen LogP contribution is 2.20. The van der Waals surface area contributed by atoms with Crippen molar-refractivity contribution in [3.05, 3.63) is 65.1 Å². The first kappa shape index (κ1) is 17.8. The van der Waals surface area contributed by atoms with Gasteiger partial charge in [0.25, 0.3) is 5.91 Å². The Bertz CT molecular complexity index is 877. The standard InChI is InChI=1S/C16H14ClN5O.ClH/c17-12-1-2-13-11(7-12)8-14(21-13)15(23)22-16(18)20-9-10-3-5-19-6-4-10;/h1-8,21H,9H2,(H3,18,20,22,23);1H. The van der Waals surface area contributed by atoms with E-state index >= 15 is 0 Å². The first-order chi connectivity index (χ1) is 11.1. The Labute approximate surface area is 149 Å². The summed E-state index contributed by atoms with van der Waals surface area (Å²) in [5.41, 5.74) is 7.91. The fraction of sp³-hybridized carbons (Fsp3) is 0.0625. The zero-order valence-corrected chi connectivity index (χ0v) is 14.1. The van der Waals surface area contributed by atoms with E-state index in [0.717, 1.165) is 16.5 Å². The minimum absolute atomic E-state index is 0. The summed E-state index contributed by atoms with van der Waals surface area (Å²) in [5.74, 6) is -0.388. The predicted octanol–water partition coefficient (Wildman–Crippen LogP) is 2.88. The number of amides is 1. The maximum atomic E-state index is 12.1. The summed E-state index contributed by atoms with van der Waals surface area (Å²) in [5, 5.41) is 4.34. The largest absolute Gasteiger partial charge is 0.370 e. The van der Waals surface area contributed by atoms with E-state index in [1.165, 1.54) is 0 Å². The maximum absolute atomic E-state index is 12.1. The molecule has 3 rings (SSSR count). The smallest absolute Gasteiger partial charge is 0.296 e. The number of nitrogens with zero attached hydrogens (tertiary/aromatic N) is 2. The lowest BCUT2D eigenvalue weighted by Gasteiger charge is -2.04. The van der Waals surface area contributed by atoms with Crippen LogP contribution in [0, 0.1) is 0 Å². The van der Waals surface area contributed by atoms with E-state index < -0.39 is 5.91 Å². The normalized spacial score (nSPS) is 11.1. The van der Waals surface area contributed by atoms with Crippen LogP contribution in [-0.4, -0.2) is 21.8 Å². The van der Waals surface area contributed by atoms with Gasteiger partial charge in [-0.2, -0.15) is 4.99 Å². The molecule has 6 nitrogen and oxygen atoms in total. The van der Waals surface area contributed by atoms with Crippen molar-refractivity contribution in [2.45, 2.75) is 6.54 Å². The van der Waals surface area contributed by atoms with Crippen LogP contribution >= 0.6 is 24.0 Å². The first-order valence-electron chi connectivity index (χ1n) is 6.91. The van der Waals surface area contributed by atoms with Gasteiger partial charge in [0.1, 0.15) is 5.69 Å². The number of pyridine rings is 1. The number of fused-ring (bicyclic) bond motifs is 1. The molecular formula is C16H15Cl2N5O. The van der Waals surface area contributed by atoms with Crippen molar-refractivity contribution in [2.75, 3.05) is 0 Å². The molecule has 24 heavy (non-hydrogen) atoms. The van der Waals surface area contributed by atoms with Crippen LogP contribution in [0.5, 0.6) is 0 Å². The summed E-state index contributed by atoms with van der Waals surface area (Å²) < 4.78 is 0. The third kappa shape index (κ3) is 4.24. The number of guanidine groups is 1. The second kappa shape index (κ2) is 7.81. The summed E-state index contributed by atoms with van der Waals surface area (Å²) in [7, 11) is 0. The van der Waals surface area contributed by atoms with Gasteiger partial charge < -0.3 is 16.0 Å². The minimum atomic E-state index is -0.447. The number of carbonyl (C=O) groups excluding carboxylic acids is 1. The van der Waals surface area contributed by atoms with Crippen LogP contribution < -0.4 is 11.1 Å². The Morgan fingerprint density at radius 2 is 2.00 bits per heavy atom. The molecule has 0 spiro atoms. The van der Waals surface area contributed by atoms with Crippen LogP contribution in [0.15, 0.2) is 53.8 Å². The lowest BCUT2D eigenvalue weighted by Crippen LogP contribution is -2.32. The Kier molecular flexibility index (Phi) is 5.78. The molecule has 2 heterocycles. The second-order valence-electron chi connectivity index (χ2n) is 4.93. The van der Waals surface area contributed by atoms with E-state index in [4.69, 9.17) is 17.3 Å². The van der Waals surface area contributed by atoms with Gasteiger partial charge in [-0.15, -0.1) is 12.4 Å². The van der Waals surface area contributed by atoms with Gasteiger partial charge in [0.15, 0.2) is 5.96 Å². The second-order valence-corrected chi connectivity index (χ2v) is 5.36. The molecule has 2 aromatic heterocycles. The number of nitrogens with two attached hydrogens (primary N) is 1. The van der Waals surface area contributed by atoms with Gasteiger partial charge >= 0.3 is 0 Å². The molecule has 1 aromatic carbocycles. The molecule has 0 unspecified atom stereocenters. The molecule has 1 amide bonds. The molecule has 3 aromatic rings. The number of aromatic amines is 1. The van der Waals surface area contributed by atoms with E-state index in [2.05, 4.69) is 20.3 Å². The Hall–Kier alpha value is -2.57. The number of aliphatic imine (C=N–C) groups is 1. The van der Waals surface area contributed by atoms with Gasteiger partial charge in [0.05, 0.1) is 0 Å². The van der Waals surface area contributed by atoms with E-state index in [1.807, 2.05) is 18.2 Å². The fourth-order valence-corrected chi connectivity index (χ4v) is 2.30. The van der Waals surface area contributed by atoms with Crippen LogP contribution in [0.2, 0.25) is 5.02 Å². The number of benzene rings is 1. The molecule has 0 atom stereocenters. The molecule has 0 fully saturated rings. The molecule has 0 aliphatic carbocycles. The first-order valence-corrected chi connectivity index (χ1v) is 7.29.